The lowest BCUT2D eigenvalue weighted by molar-refractivity contribution is 0.0602. The summed E-state index contributed by atoms with van der Waals surface area (Å²) in [6, 6.07) is 11.1. The quantitative estimate of drug-likeness (QED) is 0.870. The van der Waals surface area contributed by atoms with Crippen LogP contribution in [0.15, 0.2) is 42.5 Å². The third kappa shape index (κ3) is 3.48. The molecule has 5 heteroatoms. The Bertz CT molecular complexity index is 614. The van der Waals surface area contributed by atoms with Crippen LogP contribution in [0, 0.1) is 5.82 Å². The molecule has 0 unspecified atom stereocenters. The number of methoxy groups -OCH3 is 1. The molecule has 3 nitrogen and oxygen atoms in total. The highest BCUT2D eigenvalue weighted by Gasteiger charge is 2.12. The highest BCUT2D eigenvalue weighted by atomic mass is 35.5. The van der Waals surface area contributed by atoms with Crippen LogP contribution in [-0.2, 0) is 11.3 Å². The fourth-order valence-corrected chi connectivity index (χ4v) is 1.92. The minimum Gasteiger partial charge on any atom is -0.465 e. The maximum Gasteiger partial charge on any atom is 0.340 e. The Kier molecular flexibility index (Phi) is 4.58. The van der Waals surface area contributed by atoms with Gasteiger partial charge in [0.1, 0.15) is 5.82 Å². The third-order valence-electron chi connectivity index (χ3n) is 2.78. The SMILES string of the molecule is COC(=O)c1cc(Cl)ccc1NCc1ccc(F)cc1. The highest BCUT2D eigenvalue weighted by molar-refractivity contribution is 6.31. The van der Waals surface area contributed by atoms with Crippen LogP contribution in [0.25, 0.3) is 0 Å². The molecule has 0 amide bonds. The van der Waals surface area contributed by atoms with Crippen molar-refractivity contribution in [1.29, 1.82) is 0 Å². The Morgan fingerprint density at radius 3 is 2.60 bits per heavy atom. The lowest BCUT2D eigenvalue weighted by Crippen LogP contribution is -2.08. The van der Waals surface area contributed by atoms with Gasteiger partial charge >= 0.3 is 5.97 Å². The molecule has 20 heavy (non-hydrogen) atoms. The maximum absolute atomic E-state index is 12.8. The Hall–Kier alpha value is -2.07. The fraction of sp³-hybridized carbons (Fsp3) is 0.133. The lowest BCUT2D eigenvalue weighted by atomic mass is 10.1. The van der Waals surface area contributed by atoms with Gasteiger partial charge in [0.15, 0.2) is 0 Å². The Labute approximate surface area is 121 Å². The monoisotopic (exact) mass is 293 g/mol. The number of nitrogens with one attached hydrogen (secondary N) is 1. The number of benzene rings is 2. The number of hydrogen-bond donors (Lipinski definition) is 1. The molecule has 104 valence electrons. The molecule has 0 aliphatic heterocycles. The van der Waals surface area contributed by atoms with Crippen LogP contribution in [0.3, 0.4) is 0 Å². The summed E-state index contributed by atoms with van der Waals surface area (Å²) in [5.74, 6) is -0.746. The number of carbonyl (C=O) groups excluding carboxylic acids is 1. The summed E-state index contributed by atoms with van der Waals surface area (Å²) in [7, 11) is 1.31. The van der Waals surface area contributed by atoms with Crippen molar-refractivity contribution in [1.82, 2.24) is 0 Å². The second kappa shape index (κ2) is 6.39. The first-order chi connectivity index (χ1) is 9.60. The summed E-state index contributed by atoms with van der Waals surface area (Å²) in [4.78, 5) is 11.7. The Morgan fingerprint density at radius 2 is 1.95 bits per heavy atom. The second-order valence-corrected chi connectivity index (χ2v) is 4.60. The Balaban J connectivity index is 2.16. The molecule has 0 radical (unpaired) electrons. The van der Waals surface area contributed by atoms with Gasteiger partial charge in [0.25, 0.3) is 0 Å². The van der Waals surface area contributed by atoms with Crippen molar-refractivity contribution in [3.8, 4) is 0 Å². The Morgan fingerprint density at radius 1 is 1.25 bits per heavy atom. The zero-order valence-electron chi connectivity index (χ0n) is 10.8. The van der Waals surface area contributed by atoms with E-state index in [1.165, 1.54) is 19.2 Å². The molecular weight excluding hydrogens is 281 g/mol. The van der Waals surface area contributed by atoms with E-state index in [1.54, 1.807) is 30.3 Å². The highest BCUT2D eigenvalue weighted by Crippen LogP contribution is 2.22. The van der Waals surface area contributed by atoms with Crippen molar-refractivity contribution >= 4 is 23.3 Å². The molecule has 2 aromatic rings. The lowest BCUT2D eigenvalue weighted by Gasteiger charge is -2.11. The number of halogens is 2. The van der Waals surface area contributed by atoms with E-state index < -0.39 is 5.97 Å². The summed E-state index contributed by atoms with van der Waals surface area (Å²) in [6.07, 6.45) is 0. The van der Waals surface area contributed by atoms with Gasteiger partial charge in [0.05, 0.1) is 12.7 Å². The van der Waals surface area contributed by atoms with Gasteiger partial charge in [0, 0.05) is 17.3 Å². The van der Waals surface area contributed by atoms with E-state index in [0.29, 0.717) is 22.8 Å². The predicted molar refractivity (Wildman–Crippen MR) is 76.5 cm³/mol. The number of rotatable bonds is 4. The van der Waals surface area contributed by atoms with E-state index in [9.17, 15) is 9.18 Å². The topological polar surface area (TPSA) is 38.3 Å². The summed E-state index contributed by atoms with van der Waals surface area (Å²) >= 11 is 5.88. The van der Waals surface area contributed by atoms with Crippen LogP contribution in [0.2, 0.25) is 5.02 Å². The maximum atomic E-state index is 12.8. The number of carbonyl (C=O) groups is 1. The van der Waals surface area contributed by atoms with E-state index in [0.717, 1.165) is 5.56 Å². The van der Waals surface area contributed by atoms with Crippen LogP contribution >= 0.6 is 11.6 Å². The van der Waals surface area contributed by atoms with Crippen LogP contribution < -0.4 is 5.32 Å². The average Bonchev–Trinajstić information content (AvgIpc) is 2.46. The molecule has 0 saturated carbocycles. The van der Waals surface area contributed by atoms with E-state index in [4.69, 9.17) is 16.3 Å². The van der Waals surface area contributed by atoms with Gasteiger partial charge in [-0.15, -0.1) is 0 Å². The van der Waals surface area contributed by atoms with Crippen molar-refractivity contribution in [3.05, 3.63) is 64.4 Å². The molecule has 0 atom stereocenters. The second-order valence-electron chi connectivity index (χ2n) is 4.16. The molecule has 0 bridgehead atoms. The van der Waals surface area contributed by atoms with Gasteiger partial charge in [0.2, 0.25) is 0 Å². The molecule has 0 heterocycles. The number of esters is 1. The normalized spacial score (nSPS) is 10.2. The molecule has 0 aliphatic carbocycles. The molecule has 0 spiro atoms. The fourth-order valence-electron chi connectivity index (χ4n) is 1.75. The number of hydrogen-bond acceptors (Lipinski definition) is 3. The smallest absolute Gasteiger partial charge is 0.340 e. The standard InChI is InChI=1S/C15H13ClFNO2/c1-20-15(19)13-8-11(16)4-7-14(13)18-9-10-2-5-12(17)6-3-10/h2-8,18H,9H2,1H3. The number of anilines is 1. The van der Waals surface area contributed by atoms with Gasteiger partial charge < -0.3 is 10.1 Å². The minimum absolute atomic E-state index is 0.282. The zero-order valence-corrected chi connectivity index (χ0v) is 11.6. The summed E-state index contributed by atoms with van der Waals surface area (Å²) in [5.41, 5.74) is 1.88. The first-order valence-corrected chi connectivity index (χ1v) is 6.34. The average molecular weight is 294 g/mol. The summed E-state index contributed by atoms with van der Waals surface area (Å²) in [5, 5.41) is 3.57. The summed E-state index contributed by atoms with van der Waals surface area (Å²) in [6.45, 7) is 0.464. The van der Waals surface area contributed by atoms with Crippen LogP contribution in [-0.4, -0.2) is 13.1 Å². The third-order valence-corrected chi connectivity index (χ3v) is 3.02. The van der Waals surface area contributed by atoms with Crippen LogP contribution in [0.4, 0.5) is 10.1 Å². The largest absolute Gasteiger partial charge is 0.465 e. The molecule has 0 fully saturated rings. The molecule has 2 rings (SSSR count). The molecular formula is C15H13ClFNO2. The molecule has 1 N–H and O–H groups in total. The van der Waals surface area contributed by atoms with Gasteiger partial charge in [-0.2, -0.15) is 0 Å². The molecule has 2 aromatic carbocycles. The van der Waals surface area contributed by atoms with Gasteiger partial charge in [-0.25, -0.2) is 9.18 Å². The predicted octanol–water partition coefficient (Wildman–Crippen LogP) is 3.88. The van der Waals surface area contributed by atoms with Crippen molar-refractivity contribution in [2.75, 3.05) is 12.4 Å². The van der Waals surface area contributed by atoms with Crippen molar-refractivity contribution in [3.63, 3.8) is 0 Å². The van der Waals surface area contributed by atoms with Crippen molar-refractivity contribution in [2.45, 2.75) is 6.54 Å². The van der Waals surface area contributed by atoms with Crippen LogP contribution in [0.5, 0.6) is 0 Å². The summed E-state index contributed by atoms with van der Waals surface area (Å²) < 4.78 is 17.5. The number of ether oxygens (including phenoxy) is 1. The van der Waals surface area contributed by atoms with E-state index >= 15 is 0 Å². The van der Waals surface area contributed by atoms with E-state index in [1.807, 2.05) is 0 Å². The first kappa shape index (κ1) is 14.3. The van der Waals surface area contributed by atoms with Gasteiger partial charge in [-0.05, 0) is 35.9 Å². The van der Waals surface area contributed by atoms with Gasteiger partial charge in [-0.3, -0.25) is 0 Å². The van der Waals surface area contributed by atoms with E-state index in [-0.39, 0.29) is 5.82 Å². The molecule has 0 aromatic heterocycles. The molecule has 0 saturated heterocycles. The minimum atomic E-state index is -0.464. The molecule has 0 aliphatic rings. The van der Waals surface area contributed by atoms with Crippen LogP contribution in [0.1, 0.15) is 15.9 Å². The van der Waals surface area contributed by atoms with Gasteiger partial charge in [-0.1, -0.05) is 23.7 Å². The van der Waals surface area contributed by atoms with Crippen molar-refractivity contribution < 1.29 is 13.9 Å². The zero-order chi connectivity index (χ0) is 14.5. The van der Waals surface area contributed by atoms with E-state index in [2.05, 4.69) is 5.32 Å². The first-order valence-electron chi connectivity index (χ1n) is 5.96. The van der Waals surface area contributed by atoms with Crippen molar-refractivity contribution in [2.24, 2.45) is 0 Å².